The molecule has 3 rings (SSSR count). The summed E-state index contributed by atoms with van der Waals surface area (Å²) in [4.78, 5) is 12.1. The second-order valence-electron chi connectivity index (χ2n) is 6.05. The molecular formula is C20H21N3O. The SMILES string of the molecule is Cc1cc(C)cc(NC(=O)CCc2cnn(-c3ccccc3)c2)c1. The minimum Gasteiger partial charge on any atom is -0.326 e. The van der Waals surface area contributed by atoms with E-state index in [-0.39, 0.29) is 5.91 Å². The van der Waals surface area contributed by atoms with Gasteiger partial charge < -0.3 is 5.32 Å². The summed E-state index contributed by atoms with van der Waals surface area (Å²) in [5.41, 5.74) is 5.22. The minimum atomic E-state index is 0.0208. The van der Waals surface area contributed by atoms with Crippen LogP contribution < -0.4 is 5.32 Å². The first kappa shape index (κ1) is 16.0. The van der Waals surface area contributed by atoms with Crippen LogP contribution in [-0.4, -0.2) is 15.7 Å². The highest BCUT2D eigenvalue weighted by atomic mass is 16.1. The van der Waals surface area contributed by atoms with Crippen LogP contribution in [-0.2, 0) is 11.2 Å². The number of carbonyl (C=O) groups is 1. The summed E-state index contributed by atoms with van der Waals surface area (Å²) in [6.45, 7) is 4.06. The number of nitrogens with zero attached hydrogens (tertiary/aromatic N) is 2. The molecule has 0 aliphatic heterocycles. The van der Waals surface area contributed by atoms with Crippen LogP contribution >= 0.6 is 0 Å². The van der Waals surface area contributed by atoms with Gasteiger partial charge in [-0.25, -0.2) is 4.68 Å². The molecule has 1 heterocycles. The van der Waals surface area contributed by atoms with Crippen molar-refractivity contribution in [3.8, 4) is 5.69 Å². The fourth-order valence-electron chi connectivity index (χ4n) is 2.74. The van der Waals surface area contributed by atoms with E-state index >= 15 is 0 Å². The van der Waals surface area contributed by atoms with Gasteiger partial charge in [0.25, 0.3) is 0 Å². The summed E-state index contributed by atoms with van der Waals surface area (Å²) in [6.07, 6.45) is 4.90. The van der Waals surface area contributed by atoms with Crippen molar-refractivity contribution >= 4 is 11.6 Å². The monoisotopic (exact) mass is 319 g/mol. The van der Waals surface area contributed by atoms with Gasteiger partial charge in [-0.2, -0.15) is 5.10 Å². The van der Waals surface area contributed by atoms with Crippen LogP contribution in [0.4, 0.5) is 5.69 Å². The van der Waals surface area contributed by atoms with Crippen LogP contribution in [0, 0.1) is 13.8 Å². The third-order valence-corrected chi connectivity index (χ3v) is 3.80. The summed E-state index contributed by atoms with van der Waals surface area (Å²) in [5, 5.41) is 7.32. The van der Waals surface area contributed by atoms with Crippen molar-refractivity contribution in [1.29, 1.82) is 0 Å². The molecular weight excluding hydrogens is 298 g/mol. The molecule has 0 unspecified atom stereocenters. The molecule has 0 saturated heterocycles. The van der Waals surface area contributed by atoms with E-state index in [4.69, 9.17) is 0 Å². The number of para-hydroxylation sites is 1. The summed E-state index contributed by atoms with van der Waals surface area (Å²) >= 11 is 0. The topological polar surface area (TPSA) is 46.9 Å². The second-order valence-corrected chi connectivity index (χ2v) is 6.05. The molecule has 0 atom stereocenters. The Hall–Kier alpha value is -2.88. The Kier molecular flexibility index (Phi) is 4.75. The molecule has 1 amide bonds. The molecule has 0 spiro atoms. The molecule has 3 aromatic rings. The van der Waals surface area contributed by atoms with Gasteiger partial charge in [-0.3, -0.25) is 4.79 Å². The maximum absolute atomic E-state index is 12.1. The third-order valence-electron chi connectivity index (χ3n) is 3.80. The fraction of sp³-hybridized carbons (Fsp3) is 0.200. The minimum absolute atomic E-state index is 0.0208. The number of aryl methyl sites for hydroxylation is 3. The molecule has 0 aliphatic carbocycles. The molecule has 2 aromatic carbocycles. The number of carbonyl (C=O) groups excluding carboxylic acids is 1. The average Bonchev–Trinajstić information content (AvgIpc) is 3.02. The molecule has 122 valence electrons. The van der Waals surface area contributed by atoms with E-state index in [9.17, 15) is 4.79 Å². The van der Waals surface area contributed by atoms with Crippen LogP contribution in [0.2, 0.25) is 0 Å². The summed E-state index contributed by atoms with van der Waals surface area (Å²) in [5.74, 6) is 0.0208. The van der Waals surface area contributed by atoms with Crippen molar-refractivity contribution in [3.05, 3.63) is 77.6 Å². The van der Waals surface area contributed by atoms with E-state index in [1.54, 1.807) is 0 Å². The zero-order valence-corrected chi connectivity index (χ0v) is 14.0. The van der Waals surface area contributed by atoms with Crippen LogP contribution in [0.1, 0.15) is 23.1 Å². The molecule has 0 radical (unpaired) electrons. The van der Waals surface area contributed by atoms with Crippen molar-refractivity contribution < 1.29 is 4.79 Å². The zero-order valence-electron chi connectivity index (χ0n) is 14.0. The van der Waals surface area contributed by atoms with Gasteiger partial charge in [0, 0.05) is 18.3 Å². The van der Waals surface area contributed by atoms with Gasteiger partial charge >= 0.3 is 0 Å². The number of hydrogen-bond acceptors (Lipinski definition) is 2. The Morgan fingerprint density at radius 1 is 1.08 bits per heavy atom. The van der Waals surface area contributed by atoms with Crippen LogP contribution in [0.5, 0.6) is 0 Å². The number of aromatic nitrogens is 2. The Morgan fingerprint density at radius 3 is 2.50 bits per heavy atom. The number of rotatable bonds is 5. The standard InChI is InChI=1S/C20H21N3O/c1-15-10-16(2)12-18(11-15)22-20(24)9-8-17-13-21-23(14-17)19-6-4-3-5-7-19/h3-7,10-14H,8-9H2,1-2H3,(H,22,24). The van der Waals surface area contributed by atoms with Gasteiger partial charge in [0.1, 0.15) is 0 Å². The van der Waals surface area contributed by atoms with E-state index in [1.165, 1.54) is 0 Å². The van der Waals surface area contributed by atoms with Crippen molar-refractivity contribution in [2.75, 3.05) is 5.32 Å². The Labute approximate surface area is 142 Å². The molecule has 1 N–H and O–H groups in total. The highest BCUT2D eigenvalue weighted by Gasteiger charge is 2.06. The van der Waals surface area contributed by atoms with E-state index in [2.05, 4.69) is 16.5 Å². The second kappa shape index (κ2) is 7.13. The third kappa shape index (κ3) is 4.10. The van der Waals surface area contributed by atoms with Crippen molar-refractivity contribution in [2.45, 2.75) is 26.7 Å². The fourth-order valence-corrected chi connectivity index (χ4v) is 2.74. The van der Waals surface area contributed by atoms with Crippen LogP contribution in [0.3, 0.4) is 0 Å². The maximum atomic E-state index is 12.1. The van der Waals surface area contributed by atoms with Crippen molar-refractivity contribution in [3.63, 3.8) is 0 Å². The number of nitrogens with one attached hydrogen (secondary N) is 1. The number of anilines is 1. The van der Waals surface area contributed by atoms with Gasteiger partial charge in [0.2, 0.25) is 5.91 Å². The van der Waals surface area contributed by atoms with Crippen molar-refractivity contribution in [1.82, 2.24) is 9.78 Å². The molecule has 0 aliphatic rings. The quantitative estimate of drug-likeness (QED) is 0.771. The van der Waals surface area contributed by atoms with Gasteiger partial charge in [-0.15, -0.1) is 0 Å². The molecule has 4 nitrogen and oxygen atoms in total. The van der Waals surface area contributed by atoms with Gasteiger partial charge in [0.05, 0.1) is 11.9 Å². The first-order valence-corrected chi connectivity index (χ1v) is 8.07. The Bertz CT molecular complexity index is 817. The average molecular weight is 319 g/mol. The molecule has 0 saturated carbocycles. The van der Waals surface area contributed by atoms with E-state index in [0.717, 1.165) is 28.1 Å². The van der Waals surface area contributed by atoms with E-state index in [0.29, 0.717) is 12.8 Å². The molecule has 4 heteroatoms. The number of hydrogen-bond donors (Lipinski definition) is 1. The Morgan fingerprint density at radius 2 is 1.79 bits per heavy atom. The largest absolute Gasteiger partial charge is 0.326 e. The van der Waals surface area contributed by atoms with Gasteiger partial charge in [-0.1, -0.05) is 24.3 Å². The Balaban J connectivity index is 1.58. The normalized spacial score (nSPS) is 10.6. The molecule has 24 heavy (non-hydrogen) atoms. The first-order chi connectivity index (χ1) is 11.6. The number of benzene rings is 2. The predicted molar refractivity (Wildman–Crippen MR) is 96.4 cm³/mol. The lowest BCUT2D eigenvalue weighted by Gasteiger charge is -2.07. The van der Waals surface area contributed by atoms with Gasteiger partial charge in [0.15, 0.2) is 0 Å². The highest BCUT2D eigenvalue weighted by molar-refractivity contribution is 5.91. The molecule has 0 bridgehead atoms. The highest BCUT2D eigenvalue weighted by Crippen LogP contribution is 2.15. The molecule has 0 fully saturated rings. The van der Waals surface area contributed by atoms with Crippen LogP contribution in [0.15, 0.2) is 60.9 Å². The maximum Gasteiger partial charge on any atom is 0.224 e. The van der Waals surface area contributed by atoms with Crippen LogP contribution in [0.25, 0.3) is 5.69 Å². The lowest BCUT2D eigenvalue weighted by atomic mass is 10.1. The van der Waals surface area contributed by atoms with Crippen molar-refractivity contribution in [2.24, 2.45) is 0 Å². The summed E-state index contributed by atoms with van der Waals surface area (Å²) in [6, 6.07) is 16.0. The predicted octanol–water partition coefficient (Wildman–Crippen LogP) is 4.06. The summed E-state index contributed by atoms with van der Waals surface area (Å²) < 4.78 is 1.83. The van der Waals surface area contributed by atoms with E-state index < -0.39 is 0 Å². The first-order valence-electron chi connectivity index (χ1n) is 8.07. The summed E-state index contributed by atoms with van der Waals surface area (Å²) in [7, 11) is 0. The number of amides is 1. The zero-order chi connectivity index (χ0) is 16.9. The molecule has 1 aromatic heterocycles. The smallest absolute Gasteiger partial charge is 0.224 e. The van der Waals surface area contributed by atoms with E-state index in [1.807, 2.05) is 73.4 Å². The lowest BCUT2D eigenvalue weighted by Crippen LogP contribution is -2.12. The van der Waals surface area contributed by atoms with Gasteiger partial charge in [-0.05, 0) is 61.2 Å². The lowest BCUT2D eigenvalue weighted by molar-refractivity contribution is -0.116.